The van der Waals surface area contributed by atoms with Crippen molar-refractivity contribution in [1.82, 2.24) is 19.8 Å². The molecule has 0 aliphatic carbocycles. The van der Waals surface area contributed by atoms with E-state index in [0.29, 0.717) is 11.6 Å². The van der Waals surface area contributed by atoms with Crippen molar-refractivity contribution in [3.8, 4) is 0 Å². The van der Waals surface area contributed by atoms with Gasteiger partial charge in [0.2, 0.25) is 0 Å². The lowest BCUT2D eigenvalue weighted by molar-refractivity contribution is 0.0635. The van der Waals surface area contributed by atoms with E-state index >= 15 is 0 Å². The summed E-state index contributed by atoms with van der Waals surface area (Å²) < 4.78 is 0. The number of carbonyl (C=O) groups is 1. The molecule has 0 N–H and O–H groups in total. The highest BCUT2D eigenvalue weighted by molar-refractivity contribution is 7.09. The molecule has 0 aromatic carbocycles. The van der Waals surface area contributed by atoms with Crippen LogP contribution in [-0.2, 0) is 6.54 Å². The summed E-state index contributed by atoms with van der Waals surface area (Å²) in [5.74, 6) is 1.33. The van der Waals surface area contributed by atoms with Crippen molar-refractivity contribution in [1.29, 1.82) is 0 Å². The zero-order chi connectivity index (χ0) is 15.6. The van der Waals surface area contributed by atoms with Crippen LogP contribution in [0.15, 0.2) is 36.1 Å². The van der Waals surface area contributed by atoms with E-state index in [4.69, 9.17) is 0 Å². The number of likely N-dealkylation sites (tertiary alicyclic amines) is 2. The molecular formula is C17H20N4OS. The molecule has 2 saturated heterocycles. The maximum absolute atomic E-state index is 12.5. The minimum Gasteiger partial charge on any atom is -0.337 e. The van der Waals surface area contributed by atoms with Crippen LogP contribution in [0.4, 0.5) is 0 Å². The first-order valence-electron chi connectivity index (χ1n) is 8.09. The number of thiophene rings is 1. The second-order valence-corrected chi connectivity index (χ2v) is 7.46. The van der Waals surface area contributed by atoms with Gasteiger partial charge in [0, 0.05) is 50.0 Å². The summed E-state index contributed by atoms with van der Waals surface area (Å²) in [6, 6.07) is 4.32. The Kier molecular flexibility index (Phi) is 4.10. The van der Waals surface area contributed by atoms with Crippen LogP contribution in [0.3, 0.4) is 0 Å². The van der Waals surface area contributed by atoms with Gasteiger partial charge in [0.05, 0.1) is 6.20 Å². The molecule has 4 heterocycles. The van der Waals surface area contributed by atoms with Gasteiger partial charge in [-0.2, -0.15) is 0 Å². The van der Waals surface area contributed by atoms with Crippen LogP contribution in [0.1, 0.15) is 21.8 Å². The average molecular weight is 328 g/mol. The van der Waals surface area contributed by atoms with Crippen LogP contribution >= 0.6 is 11.3 Å². The largest absolute Gasteiger partial charge is 0.337 e. The number of aromatic nitrogens is 2. The van der Waals surface area contributed by atoms with E-state index < -0.39 is 0 Å². The van der Waals surface area contributed by atoms with E-state index in [0.717, 1.165) is 45.1 Å². The minimum atomic E-state index is 0.0215. The lowest BCUT2D eigenvalue weighted by Crippen LogP contribution is -2.43. The van der Waals surface area contributed by atoms with Gasteiger partial charge in [0.25, 0.3) is 5.91 Å². The smallest absolute Gasteiger partial charge is 0.274 e. The van der Waals surface area contributed by atoms with Crippen molar-refractivity contribution in [3.63, 3.8) is 0 Å². The summed E-state index contributed by atoms with van der Waals surface area (Å²) in [5.41, 5.74) is 0.458. The quantitative estimate of drug-likeness (QED) is 0.866. The van der Waals surface area contributed by atoms with Crippen molar-refractivity contribution in [2.45, 2.75) is 13.0 Å². The van der Waals surface area contributed by atoms with Crippen LogP contribution in [-0.4, -0.2) is 51.9 Å². The third-order valence-corrected chi connectivity index (χ3v) is 5.77. The normalized spacial score (nSPS) is 24.6. The van der Waals surface area contributed by atoms with E-state index in [-0.39, 0.29) is 5.91 Å². The van der Waals surface area contributed by atoms with E-state index in [1.54, 1.807) is 18.6 Å². The summed E-state index contributed by atoms with van der Waals surface area (Å²) in [4.78, 5) is 26.6. The van der Waals surface area contributed by atoms with Gasteiger partial charge in [0.1, 0.15) is 5.69 Å². The van der Waals surface area contributed by atoms with E-state index in [1.165, 1.54) is 4.88 Å². The Bertz CT molecular complexity index is 660. The predicted molar refractivity (Wildman–Crippen MR) is 89.1 cm³/mol. The molecular weight excluding hydrogens is 308 g/mol. The molecule has 2 fully saturated rings. The SMILES string of the molecule is O=C(c1cnccn1)N1CC[C@@H]2CN(Cc3cccs3)C[C@@H]2C1. The number of hydrogen-bond donors (Lipinski definition) is 0. The Morgan fingerprint density at radius 1 is 1.26 bits per heavy atom. The molecule has 6 heteroatoms. The second-order valence-electron chi connectivity index (χ2n) is 6.42. The molecule has 5 nitrogen and oxygen atoms in total. The van der Waals surface area contributed by atoms with Crippen molar-refractivity contribution < 1.29 is 4.79 Å². The molecule has 2 aromatic rings. The predicted octanol–water partition coefficient (Wildman–Crippen LogP) is 2.13. The van der Waals surface area contributed by atoms with Gasteiger partial charge >= 0.3 is 0 Å². The third-order valence-electron chi connectivity index (χ3n) is 4.91. The van der Waals surface area contributed by atoms with Gasteiger partial charge in [-0.05, 0) is 29.7 Å². The molecule has 2 aromatic heterocycles. The number of rotatable bonds is 3. The molecule has 0 bridgehead atoms. The first-order chi connectivity index (χ1) is 11.3. The fourth-order valence-corrected chi connectivity index (χ4v) is 4.52. The Hall–Kier alpha value is -1.79. The maximum Gasteiger partial charge on any atom is 0.274 e. The second kappa shape index (κ2) is 6.37. The summed E-state index contributed by atoms with van der Waals surface area (Å²) in [6.45, 7) is 4.98. The van der Waals surface area contributed by atoms with Gasteiger partial charge < -0.3 is 4.90 Å². The highest BCUT2D eigenvalue weighted by Gasteiger charge is 2.38. The average Bonchev–Trinajstić information content (AvgIpc) is 3.23. The maximum atomic E-state index is 12.5. The third kappa shape index (κ3) is 3.14. The van der Waals surface area contributed by atoms with Crippen LogP contribution in [0.5, 0.6) is 0 Å². The standard InChI is InChI=1S/C17H20N4OS/c22-17(16-8-18-4-5-19-16)21-6-3-13-9-20(10-14(13)11-21)12-15-2-1-7-23-15/h1-2,4-5,7-8,13-14H,3,6,9-12H2/t13-,14-/m1/s1. The van der Waals surface area contributed by atoms with Crippen LogP contribution in [0.25, 0.3) is 0 Å². The lowest BCUT2D eigenvalue weighted by atomic mass is 9.88. The Morgan fingerprint density at radius 2 is 2.17 bits per heavy atom. The monoisotopic (exact) mass is 328 g/mol. The van der Waals surface area contributed by atoms with E-state index in [2.05, 4.69) is 32.4 Å². The molecule has 2 aliphatic rings. The summed E-state index contributed by atoms with van der Waals surface area (Å²) in [6.07, 6.45) is 5.84. The number of nitrogens with zero attached hydrogens (tertiary/aromatic N) is 4. The molecule has 120 valence electrons. The first kappa shape index (κ1) is 14.8. The van der Waals surface area contributed by atoms with E-state index in [1.807, 2.05) is 16.2 Å². The summed E-state index contributed by atoms with van der Waals surface area (Å²) in [7, 11) is 0. The molecule has 0 unspecified atom stereocenters. The van der Waals surface area contributed by atoms with Crippen molar-refractivity contribution >= 4 is 17.2 Å². The number of piperidine rings is 1. The molecule has 4 rings (SSSR count). The van der Waals surface area contributed by atoms with Crippen molar-refractivity contribution in [2.24, 2.45) is 11.8 Å². The topological polar surface area (TPSA) is 49.3 Å². The van der Waals surface area contributed by atoms with Gasteiger partial charge in [0.15, 0.2) is 0 Å². The lowest BCUT2D eigenvalue weighted by Gasteiger charge is -2.34. The van der Waals surface area contributed by atoms with Crippen LogP contribution in [0, 0.1) is 11.8 Å². The Balaban J connectivity index is 1.39. The molecule has 0 saturated carbocycles. The Labute approximate surface area is 140 Å². The van der Waals surface area contributed by atoms with Crippen LogP contribution in [0.2, 0.25) is 0 Å². The number of amides is 1. The molecule has 2 aliphatic heterocycles. The Morgan fingerprint density at radius 3 is 2.96 bits per heavy atom. The number of carbonyl (C=O) groups excluding carboxylic acids is 1. The van der Waals surface area contributed by atoms with Crippen LogP contribution < -0.4 is 0 Å². The zero-order valence-electron chi connectivity index (χ0n) is 13.0. The molecule has 23 heavy (non-hydrogen) atoms. The fraction of sp³-hybridized carbons (Fsp3) is 0.471. The summed E-state index contributed by atoms with van der Waals surface area (Å²) in [5, 5.41) is 2.14. The fourth-order valence-electron chi connectivity index (χ4n) is 3.77. The minimum absolute atomic E-state index is 0.0215. The van der Waals surface area contributed by atoms with Gasteiger partial charge in [-0.15, -0.1) is 11.3 Å². The van der Waals surface area contributed by atoms with Crippen molar-refractivity contribution in [3.05, 3.63) is 46.7 Å². The van der Waals surface area contributed by atoms with E-state index in [9.17, 15) is 4.79 Å². The van der Waals surface area contributed by atoms with Gasteiger partial charge in [-0.25, -0.2) is 4.98 Å². The highest BCUT2D eigenvalue weighted by Crippen LogP contribution is 2.32. The first-order valence-corrected chi connectivity index (χ1v) is 8.97. The molecule has 1 amide bonds. The molecule has 0 spiro atoms. The van der Waals surface area contributed by atoms with Gasteiger partial charge in [-0.1, -0.05) is 6.07 Å². The number of hydrogen-bond acceptors (Lipinski definition) is 5. The van der Waals surface area contributed by atoms with Crippen molar-refractivity contribution in [2.75, 3.05) is 26.2 Å². The zero-order valence-corrected chi connectivity index (χ0v) is 13.8. The summed E-state index contributed by atoms with van der Waals surface area (Å²) >= 11 is 1.82. The van der Waals surface area contributed by atoms with Gasteiger partial charge in [-0.3, -0.25) is 14.7 Å². The molecule has 0 radical (unpaired) electrons. The molecule has 2 atom stereocenters. The number of fused-ring (bicyclic) bond motifs is 1. The highest BCUT2D eigenvalue weighted by atomic mass is 32.1.